The van der Waals surface area contributed by atoms with Crippen molar-refractivity contribution in [2.75, 3.05) is 0 Å². The third-order valence-electron chi connectivity index (χ3n) is 0.850. The summed E-state index contributed by atoms with van der Waals surface area (Å²) in [6.07, 6.45) is 0. The van der Waals surface area contributed by atoms with Gasteiger partial charge in [0.05, 0.1) is 0 Å². The van der Waals surface area contributed by atoms with E-state index in [9.17, 15) is 0 Å². The van der Waals surface area contributed by atoms with E-state index in [-0.39, 0.29) is 11.5 Å². The zero-order chi connectivity index (χ0) is 5.98. The maximum atomic E-state index is 8.65. The molecule has 0 unspecified atom stereocenters. The molecule has 0 radical (unpaired) electrons. The van der Waals surface area contributed by atoms with Crippen LogP contribution in [-0.2, 0) is 0 Å². The summed E-state index contributed by atoms with van der Waals surface area (Å²) >= 11 is 0. The van der Waals surface area contributed by atoms with Crippen LogP contribution in [-0.4, -0.2) is 10.2 Å². The molecule has 42 valence electrons. The summed E-state index contributed by atoms with van der Waals surface area (Å²) in [6, 6.07) is 5.70. The number of hydrogen-bond donors (Lipinski definition) is 2. The molecule has 1 aromatic carbocycles. The molecule has 0 aliphatic carbocycles. The summed E-state index contributed by atoms with van der Waals surface area (Å²) in [5, 5.41) is 17.3. The third-order valence-corrected chi connectivity index (χ3v) is 0.850. The van der Waals surface area contributed by atoms with Crippen molar-refractivity contribution >= 4 is 0 Å². The van der Waals surface area contributed by atoms with E-state index < -0.39 is 0 Å². The van der Waals surface area contributed by atoms with Crippen LogP contribution >= 0.6 is 0 Å². The second-order valence-corrected chi connectivity index (χ2v) is 1.52. The van der Waals surface area contributed by atoms with E-state index in [1.165, 1.54) is 24.3 Å². The molecule has 2 heteroatoms. The number of phenols is 2. The highest BCUT2D eigenvalue weighted by Gasteiger charge is 1.84. The van der Waals surface area contributed by atoms with Gasteiger partial charge in [0, 0.05) is 0 Å². The molecule has 0 atom stereocenters. The Hall–Kier alpha value is -1.18. The van der Waals surface area contributed by atoms with Crippen LogP contribution in [0.5, 0.6) is 11.5 Å². The van der Waals surface area contributed by atoms with Crippen LogP contribution in [0.2, 0.25) is 0 Å². The van der Waals surface area contributed by atoms with Gasteiger partial charge in [0.15, 0.2) is 0 Å². The summed E-state index contributed by atoms with van der Waals surface area (Å²) in [5.41, 5.74) is 0. The van der Waals surface area contributed by atoms with Gasteiger partial charge < -0.3 is 10.2 Å². The molecule has 0 bridgehead atoms. The quantitative estimate of drug-likeness (QED) is 0.493. The fourth-order valence-corrected chi connectivity index (χ4v) is 0.453. The van der Waals surface area contributed by atoms with Crippen molar-refractivity contribution in [3.8, 4) is 11.5 Å². The van der Waals surface area contributed by atoms with E-state index in [0.717, 1.165) is 0 Å². The average molecular weight is 112 g/mol. The summed E-state index contributed by atoms with van der Waals surface area (Å²) < 4.78 is 0. The van der Waals surface area contributed by atoms with Gasteiger partial charge in [-0.25, -0.2) is 0 Å². The zero-order valence-electron chi connectivity index (χ0n) is 4.20. The molecule has 2 N–H and O–H groups in total. The molecule has 0 fully saturated rings. The van der Waals surface area contributed by atoms with Crippen molar-refractivity contribution in [2.24, 2.45) is 0 Å². The molecular weight excluding hydrogens is 106 g/mol. The topological polar surface area (TPSA) is 40.5 Å². The Morgan fingerprint density at radius 1 is 1.25 bits per heavy atom. The summed E-state index contributed by atoms with van der Waals surface area (Å²) in [6.45, 7) is 0. The maximum Gasteiger partial charge on any atom is 0.115 e. The number of phenolic OH excluding ortho intramolecular Hbond substituents is 2. The first kappa shape index (κ1) is 4.97. The Kier molecular flexibility index (Phi) is 1.08. The van der Waals surface area contributed by atoms with Gasteiger partial charge in [0.25, 0.3) is 0 Å². The number of hydrogen-bond acceptors (Lipinski definition) is 2. The van der Waals surface area contributed by atoms with Crippen LogP contribution in [0.3, 0.4) is 0 Å². The fraction of sp³-hybridized carbons (Fsp3) is 0. The largest absolute Gasteiger partial charge is 0.508 e. The highest BCUT2D eigenvalue weighted by atomic mass is 16.5. The van der Waals surface area contributed by atoms with Crippen molar-refractivity contribution in [2.45, 2.75) is 0 Å². The lowest BCUT2D eigenvalue weighted by atomic mass is 10.5. The fourth-order valence-electron chi connectivity index (χ4n) is 0.453. The minimum absolute atomic E-state index is 0.169. The van der Waals surface area contributed by atoms with Crippen molar-refractivity contribution < 1.29 is 10.2 Å². The lowest BCUT2D eigenvalue weighted by molar-refractivity contribution is 0.460. The third kappa shape index (κ3) is 0.904. The van der Waals surface area contributed by atoms with Gasteiger partial charge in [-0.3, -0.25) is 0 Å². The highest BCUT2D eigenvalue weighted by Crippen LogP contribution is 2.13. The lowest BCUT2D eigenvalue weighted by Gasteiger charge is -1.88. The molecule has 1 aromatic rings. The van der Waals surface area contributed by atoms with E-state index in [1.54, 1.807) is 0 Å². The second kappa shape index (κ2) is 1.74. The zero-order valence-corrected chi connectivity index (χ0v) is 4.20. The molecule has 0 heterocycles. The van der Waals surface area contributed by atoms with Crippen LogP contribution in [0.1, 0.15) is 0 Å². The molecule has 2 nitrogen and oxygen atoms in total. The van der Waals surface area contributed by atoms with Gasteiger partial charge in [0.1, 0.15) is 11.5 Å². The van der Waals surface area contributed by atoms with Crippen molar-refractivity contribution in [1.29, 1.82) is 0 Å². The van der Waals surface area contributed by atoms with E-state index in [0.29, 0.717) is 0 Å². The van der Waals surface area contributed by atoms with E-state index >= 15 is 0 Å². The average Bonchev–Trinajstić information content (AvgIpc) is 1.77. The van der Waals surface area contributed by atoms with Gasteiger partial charge in [-0.05, 0) is 24.3 Å². The molecule has 8 heavy (non-hydrogen) atoms. The first-order valence-corrected chi connectivity index (χ1v) is 2.27. The van der Waals surface area contributed by atoms with Gasteiger partial charge in [-0.1, -0.05) is 0 Å². The SMILES string of the molecule is Oc1cc[14c](O)cc1. The predicted molar refractivity (Wildman–Crippen MR) is 29.8 cm³/mol. The second-order valence-electron chi connectivity index (χ2n) is 1.52. The Morgan fingerprint density at radius 2 is 1.75 bits per heavy atom. The summed E-state index contributed by atoms with van der Waals surface area (Å²) in [7, 11) is 0. The van der Waals surface area contributed by atoms with Crippen LogP contribution in [0.15, 0.2) is 24.3 Å². The standard InChI is InChI=1S/C6H6O2/c7-5-1-2-6(8)4-3-5/h1-4,7-8H/i5+2. The van der Waals surface area contributed by atoms with E-state index in [2.05, 4.69) is 0 Å². The Bertz CT molecular complexity index is 145. The molecule has 0 spiro atoms. The van der Waals surface area contributed by atoms with E-state index in [4.69, 9.17) is 10.2 Å². The molecule has 0 aliphatic rings. The molecule has 0 saturated heterocycles. The smallest absolute Gasteiger partial charge is 0.115 e. The maximum absolute atomic E-state index is 8.65. The predicted octanol–water partition coefficient (Wildman–Crippen LogP) is 1.10. The van der Waals surface area contributed by atoms with Crippen LogP contribution in [0.25, 0.3) is 0 Å². The minimum atomic E-state index is 0.169. The van der Waals surface area contributed by atoms with Gasteiger partial charge in [-0.2, -0.15) is 0 Å². The van der Waals surface area contributed by atoms with Crippen LogP contribution in [0.4, 0.5) is 0 Å². The monoisotopic (exact) mass is 112 g/mol. The normalized spacial score (nSPS) is 9.00. The Labute approximate surface area is 47.0 Å². The van der Waals surface area contributed by atoms with Gasteiger partial charge >= 0.3 is 0 Å². The molecule has 0 aromatic heterocycles. The number of aromatic hydroxyl groups is 2. The summed E-state index contributed by atoms with van der Waals surface area (Å²) in [5.74, 6) is 0.339. The minimum Gasteiger partial charge on any atom is -0.508 e. The van der Waals surface area contributed by atoms with Crippen molar-refractivity contribution in [1.82, 2.24) is 0 Å². The molecule has 0 amide bonds. The van der Waals surface area contributed by atoms with Crippen molar-refractivity contribution in [3.05, 3.63) is 24.3 Å². The van der Waals surface area contributed by atoms with E-state index in [1.807, 2.05) is 0 Å². The van der Waals surface area contributed by atoms with Crippen molar-refractivity contribution in [3.63, 3.8) is 0 Å². The van der Waals surface area contributed by atoms with Crippen LogP contribution < -0.4 is 0 Å². The first-order valence-electron chi connectivity index (χ1n) is 2.27. The molecule has 1 rings (SSSR count). The summed E-state index contributed by atoms with van der Waals surface area (Å²) in [4.78, 5) is 0. The number of benzene rings is 1. The molecular formula is C6H6O2. The lowest BCUT2D eigenvalue weighted by Crippen LogP contribution is -1.61. The Balaban J connectivity index is 3.03. The number of rotatable bonds is 0. The van der Waals surface area contributed by atoms with Crippen LogP contribution in [0, 0.1) is 0 Å². The highest BCUT2D eigenvalue weighted by molar-refractivity contribution is 5.28. The molecule has 0 aliphatic heterocycles. The molecule has 0 saturated carbocycles. The first-order chi connectivity index (χ1) is 3.79. The van der Waals surface area contributed by atoms with Gasteiger partial charge in [-0.15, -0.1) is 0 Å². The Morgan fingerprint density at radius 3 is 2.12 bits per heavy atom. The van der Waals surface area contributed by atoms with Gasteiger partial charge in [0.2, 0.25) is 0 Å².